The van der Waals surface area contributed by atoms with Crippen LogP contribution in [0.3, 0.4) is 0 Å². The molecule has 2 aliphatic rings. The molecule has 0 radical (unpaired) electrons. The van der Waals surface area contributed by atoms with Crippen molar-refractivity contribution in [1.29, 1.82) is 0 Å². The summed E-state index contributed by atoms with van der Waals surface area (Å²) in [6, 6.07) is 21.4. The van der Waals surface area contributed by atoms with Gasteiger partial charge in [0, 0.05) is 42.7 Å². The molecule has 188 valence electrons. The highest BCUT2D eigenvalue weighted by molar-refractivity contribution is 7.89. The van der Waals surface area contributed by atoms with E-state index in [9.17, 15) is 13.5 Å². The lowest BCUT2D eigenvalue weighted by molar-refractivity contribution is -0.0415. The molecule has 1 fully saturated rings. The Morgan fingerprint density at radius 3 is 2.39 bits per heavy atom. The van der Waals surface area contributed by atoms with E-state index in [4.69, 9.17) is 11.6 Å². The number of fused-ring (bicyclic) bond motifs is 1. The first-order valence-corrected chi connectivity index (χ1v) is 14.1. The Hall–Kier alpha value is -2.48. The van der Waals surface area contributed by atoms with Crippen molar-refractivity contribution in [2.75, 3.05) is 26.2 Å². The Morgan fingerprint density at radius 2 is 1.67 bits per heavy atom. The van der Waals surface area contributed by atoms with Crippen LogP contribution in [-0.4, -0.2) is 61.1 Å². The van der Waals surface area contributed by atoms with Gasteiger partial charge >= 0.3 is 0 Å². The summed E-state index contributed by atoms with van der Waals surface area (Å²) in [5, 5.41) is 11.0. The number of rotatable bonds is 5. The maximum atomic E-state index is 13.6. The number of aryl methyl sites for hydroxylation is 1. The molecule has 0 amide bonds. The molecule has 0 bridgehead atoms. The van der Waals surface area contributed by atoms with Crippen LogP contribution in [0.4, 0.5) is 0 Å². The van der Waals surface area contributed by atoms with E-state index in [1.54, 1.807) is 16.4 Å². The molecule has 3 aromatic carbocycles. The van der Waals surface area contributed by atoms with E-state index < -0.39 is 10.0 Å². The van der Waals surface area contributed by atoms with Gasteiger partial charge in [-0.2, -0.15) is 4.31 Å². The van der Waals surface area contributed by atoms with Crippen molar-refractivity contribution in [3.05, 3.63) is 101 Å². The summed E-state index contributed by atoms with van der Waals surface area (Å²) in [5.74, 6) is 0.0329. The molecule has 5 rings (SSSR count). The van der Waals surface area contributed by atoms with E-state index in [-0.39, 0.29) is 24.6 Å². The molecule has 0 aromatic heterocycles. The lowest BCUT2D eigenvalue weighted by atomic mass is 9.74. The second-order valence-electron chi connectivity index (χ2n) is 9.63. The van der Waals surface area contributed by atoms with Gasteiger partial charge in [0.25, 0.3) is 0 Å². The van der Waals surface area contributed by atoms with Crippen LogP contribution < -0.4 is 0 Å². The minimum atomic E-state index is -3.66. The number of nitrogens with zero attached hydrogens (tertiary/aromatic N) is 2. The molecule has 1 unspecified atom stereocenters. The predicted molar refractivity (Wildman–Crippen MR) is 145 cm³/mol. The van der Waals surface area contributed by atoms with Crippen LogP contribution in [0.1, 0.15) is 22.6 Å². The fourth-order valence-corrected chi connectivity index (χ4v) is 7.43. The van der Waals surface area contributed by atoms with Crippen LogP contribution in [0.15, 0.2) is 83.8 Å². The molecule has 0 aliphatic carbocycles. The molecule has 7 heteroatoms. The first kappa shape index (κ1) is 25.2. The van der Waals surface area contributed by atoms with Gasteiger partial charge in [0.15, 0.2) is 0 Å². The highest BCUT2D eigenvalue weighted by Gasteiger charge is 2.49. The van der Waals surface area contributed by atoms with E-state index >= 15 is 0 Å². The lowest BCUT2D eigenvalue weighted by Gasteiger charge is -2.56. The zero-order chi connectivity index (χ0) is 25.4. The SMILES string of the molecule is Cc1ccccc1S(=O)(=O)N1C/C=C\CN2[C@H](CO)C(c3ccc(-c4cccc(Cl)c4C)cc3)[C@@H]2C1. The van der Waals surface area contributed by atoms with Gasteiger partial charge in [0.2, 0.25) is 10.0 Å². The van der Waals surface area contributed by atoms with E-state index in [1.807, 2.05) is 50.3 Å². The van der Waals surface area contributed by atoms with Crippen molar-refractivity contribution < 1.29 is 13.5 Å². The maximum absolute atomic E-state index is 13.6. The van der Waals surface area contributed by atoms with E-state index in [2.05, 4.69) is 35.2 Å². The predicted octanol–water partition coefficient (Wildman–Crippen LogP) is 5.01. The highest BCUT2D eigenvalue weighted by Crippen LogP contribution is 2.42. The number of sulfonamides is 1. The second-order valence-corrected chi connectivity index (χ2v) is 11.9. The smallest absolute Gasteiger partial charge is 0.243 e. The molecule has 0 saturated carbocycles. The minimum Gasteiger partial charge on any atom is -0.395 e. The normalized spacial score (nSPS) is 23.8. The Balaban J connectivity index is 1.45. The summed E-state index contributed by atoms with van der Waals surface area (Å²) in [7, 11) is -3.66. The van der Waals surface area contributed by atoms with Gasteiger partial charge in [-0.15, -0.1) is 0 Å². The number of aliphatic hydroxyl groups is 1. The summed E-state index contributed by atoms with van der Waals surface area (Å²) in [4.78, 5) is 2.57. The average molecular weight is 523 g/mol. The molecule has 2 heterocycles. The van der Waals surface area contributed by atoms with E-state index in [1.165, 1.54) is 0 Å². The summed E-state index contributed by atoms with van der Waals surface area (Å²) in [5.41, 5.74) is 5.07. The Bertz CT molecular complexity index is 1390. The van der Waals surface area contributed by atoms with Crippen molar-refractivity contribution >= 4 is 21.6 Å². The van der Waals surface area contributed by atoms with Crippen LogP contribution in [0.5, 0.6) is 0 Å². The number of hydrogen-bond donors (Lipinski definition) is 1. The monoisotopic (exact) mass is 522 g/mol. The molecule has 36 heavy (non-hydrogen) atoms. The van der Waals surface area contributed by atoms with E-state index in [0.29, 0.717) is 24.5 Å². The van der Waals surface area contributed by atoms with Crippen molar-refractivity contribution in [3.8, 4) is 11.1 Å². The van der Waals surface area contributed by atoms with Gasteiger partial charge in [0.05, 0.1) is 11.5 Å². The summed E-state index contributed by atoms with van der Waals surface area (Å²) in [6.45, 7) is 5.28. The third-order valence-electron chi connectivity index (χ3n) is 7.64. The van der Waals surface area contributed by atoms with Crippen LogP contribution in [0, 0.1) is 13.8 Å². The standard InChI is InChI=1S/C29H31ClN2O3S/c1-20-8-3-4-11-28(20)36(34,35)31-16-5-6-17-32-26(18-31)29(27(32)19-33)23-14-12-22(13-15-23)24-9-7-10-25(30)21(24)2/h3-15,26-27,29,33H,16-19H2,1-2H3/b6-5-/t26-,27+,29?/m0/s1. The third kappa shape index (κ3) is 4.42. The summed E-state index contributed by atoms with van der Waals surface area (Å²) < 4.78 is 28.8. The molecule has 2 aliphatic heterocycles. The Labute approximate surface area is 218 Å². The summed E-state index contributed by atoms with van der Waals surface area (Å²) in [6.07, 6.45) is 3.92. The first-order chi connectivity index (χ1) is 17.3. The van der Waals surface area contributed by atoms with Gasteiger partial charge < -0.3 is 5.11 Å². The van der Waals surface area contributed by atoms with Crippen LogP contribution in [-0.2, 0) is 10.0 Å². The molecular weight excluding hydrogens is 492 g/mol. The fourth-order valence-electron chi connectivity index (χ4n) is 5.62. The largest absolute Gasteiger partial charge is 0.395 e. The number of halogens is 1. The Kier molecular flexibility index (Phi) is 7.07. The first-order valence-electron chi connectivity index (χ1n) is 12.3. The number of benzene rings is 3. The fraction of sp³-hybridized carbons (Fsp3) is 0.310. The molecule has 3 atom stereocenters. The third-order valence-corrected chi connectivity index (χ3v) is 10.0. The maximum Gasteiger partial charge on any atom is 0.243 e. The molecule has 1 N–H and O–H groups in total. The van der Waals surface area contributed by atoms with Crippen molar-refractivity contribution in [2.24, 2.45) is 0 Å². The molecule has 5 nitrogen and oxygen atoms in total. The van der Waals surface area contributed by atoms with Crippen molar-refractivity contribution in [3.63, 3.8) is 0 Å². The summed E-state index contributed by atoms with van der Waals surface area (Å²) >= 11 is 6.33. The topological polar surface area (TPSA) is 60.9 Å². The van der Waals surface area contributed by atoms with Crippen LogP contribution >= 0.6 is 11.6 Å². The van der Waals surface area contributed by atoms with Gasteiger partial charge in [-0.1, -0.05) is 78.4 Å². The van der Waals surface area contributed by atoms with Crippen LogP contribution in [0.25, 0.3) is 11.1 Å². The number of aliphatic hydroxyl groups excluding tert-OH is 1. The second kappa shape index (κ2) is 10.1. The van der Waals surface area contributed by atoms with Crippen LogP contribution in [0.2, 0.25) is 5.02 Å². The van der Waals surface area contributed by atoms with Gasteiger partial charge in [-0.05, 0) is 53.8 Å². The number of hydrogen-bond acceptors (Lipinski definition) is 4. The molecule has 3 aromatic rings. The van der Waals surface area contributed by atoms with E-state index in [0.717, 1.165) is 32.8 Å². The Morgan fingerprint density at radius 1 is 0.944 bits per heavy atom. The zero-order valence-corrected chi connectivity index (χ0v) is 22.1. The lowest BCUT2D eigenvalue weighted by Crippen LogP contribution is -2.67. The highest BCUT2D eigenvalue weighted by atomic mass is 35.5. The minimum absolute atomic E-state index is 0.0225. The molecule has 1 saturated heterocycles. The molecule has 0 spiro atoms. The average Bonchev–Trinajstić information content (AvgIpc) is 2.85. The van der Waals surface area contributed by atoms with Crippen molar-refractivity contribution in [1.82, 2.24) is 9.21 Å². The van der Waals surface area contributed by atoms with Gasteiger partial charge in [0.1, 0.15) is 0 Å². The molecular formula is C29H31ClN2O3S. The van der Waals surface area contributed by atoms with Crippen molar-refractivity contribution in [2.45, 2.75) is 36.7 Å². The zero-order valence-electron chi connectivity index (χ0n) is 20.5. The quantitative estimate of drug-likeness (QED) is 0.478. The van der Waals surface area contributed by atoms with Gasteiger partial charge in [-0.3, -0.25) is 4.90 Å². The van der Waals surface area contributed by atoms with Gasteiger partial charge in [-0.25, -0.2) is 8.42 Å².